The van der Waals surface area contributed by atoms with Gasteiger partial charge in [-0.3, -0.25) is 0 Å². The maximum atomic E-state index is 4.71. The van der Waals surface area contributed by atoms with E-state index in [0.717, 1.165) is 29.4 Å². The van der Waals surface area contributed by atoms with Crippen molar-refractivity contribution in [2.24, 2.45) is 0 Å². The Bertz CT molecular complexity index is 436. The molecule has 1 heterocycles. The van der Waals surface area contributed by atoms with Crippen LogP contribution in [0.25, 0.3) is 0 Å². The highest BCUT2D eigenvalue weighted by Gasteiger charge is 2.28. The summed E-state index contributed by atoms with van der Waals surface area (Å²) in [6.07, 6.45) is 3.51. The van der Waals surface area contributed by atoms with Gasteiger partial charge in [0.1, 0.15) is 17.5 Å². The van der Waals surface area contributed by atoms with E-state index in [1.807, 2.05) is 7.05 Å². The molecule has 0 saturated heterocycles. The summed E-state index contributed by atoms with van der Waals surface area (Å²) in [6, 6.07) is 0. The molecule has 0 aromatic carbocycles. The molecule has 0 bridgehead atoms. The number of nitrogens with one attached hydrogen (secondary N) is 2. The number of hydrogen-bond donors (Lipinski definition) is 2. The van der Waals surface area contributed by atoms with Crippen molar-refractivity contribution >= 4 is 11.6 Å². The molecule has 0 radical (unpaired) electrons. The molecule has 1 aliphatic carbocycles. The van der Waals surface area contributed by atoms with Crippen LogP contribution in [-0.2, 0) is 0 Å². The van der Waals surface area contributed by atoms with E-state index in [2.05, 4.69) is 43.3 Å². The molecule has 1 fully saturated rings. The molecule has 100 valence electrons. The predicted molar refractivity (Wildman–Crippen MR) is 76.3 cm³/mol. The van der Waals surface area contributed by atoms with E-state index in [4.69, 9.17) is 4.98 Å². The first-order valence-corrected chi connectivity index (χ1v) is 6.81. The van der Waals surface area contributed by atoms with Gasteiger partial charge in [0.05, 0.1) is 0 Å². The van der Waals surface area contributed by atoms with E-state index in [9.17, 15) is 0 Å². The third-order valence-corrected chi connectivity index (χ3v) is 3.68. The van der Waals surface area contributed by atoms with Gasteiger partial charge in [-0.05, 0) is 40.0 Å². The molecular weight excluding hydrogens is 224 g/mol. The van der Waals surface area contributed by atoms with Crippen LogP contribution in [-0.4, -0.2) is 22.6 Å². The van der Waals surface area contributed by atoms with Crippen LogP contribution >= 0.6 is 0 Å². The van der Waals surface area contributed by atoms with Gasteiger partial charge in [-0.2, -0.15) is 0 Å². The van der Waals surface area contributed by atoms with E-state index in [0.29, 0.717) is 5.92 Å². The van der Waals surface area contributed by atoms with Crippen LogP contribution in [0.1, 0.15) is 57.3 Å². The van der Waals surface area contributed by atoms with Crippen LogP contribution in [0.15, 0.2) is 0 Å². The van der Waals surface area contributed by atoms with E-state index in [1.165, 1.54) is 12.8 Å². The molecule has 0 atom stereocenters. The number of hydrogen-bond acceptors (Lipinski definition) is 4. The minimum atomic E-state index is 0.0605. The van der Waals surface area contributed by atoms with E-state index < -0.39 is 0 Å². The van der Waals surface area contributed by atoms with Crippen molar-refractivity contribution in [3.8, 4) is 0 Å². The van der Waals surface area contributed by atoms with Gasteiger partial charge in [-0.15, -0.1) is 0 Å². The summed E-state index contributed by atoms with van der Waals surface area (Å²) in [7, 11) is 1.92. The van der Waals surface area contributed by atoms with Gasteiger partial charge < -0.3 is 10.6 Å². The van der Waals surface area contributed by atoms with Gasteiger partial charge in [-0.1, -0.05) is 6.92 Å². The fourth-order valence-corrected chi connectivity index (χ4v) is 1.83. The lowest BCUT2D eigenvalue weighted by atomic mass is 10.0. The Morgan fingerprint density at radius 3 is 2.33 bits per heavy atom. The van der Waals surface area contributed by atoms with Gasteiger partial charge in [0, 0.05) is 24.1 Å². The number of nitrogens with zero attached hydrogens (tertiary/aromatic N) is 2. The van der Waals surface area contributed by atoms with Gasteiger partial charge >= 0.3 is 0 Å². The summed E-state index contributed by atoms with van der Waals surface area (Å²) in [6.45, 7) is 8.65. The lowest BCUT2D eigenvalue weighted by Gasteiger charge is -2.27. The smallest absolute Gasteiger partial charge is 0.136 e. The normalized spacial score (nSPS) is 15.6. The Kier molecular flexibility index (Phi) is 3.46. The molecular formula is C14H24N4. The van der Waals surface area contributed by atoms with Crippen molar-refractivity contribution in [3.05, 3.63) is 11.4 Å². The molecule has 1 aromatic rings. The second kappa shape index (κ2) is 4.75. The van der Waals surface area contributed by atoms with Crippen molar-refractivity contribution in [3.63, 3.8) is 0 Å². The predicted octanol–water partition coefficient (Wildman–Crippen LogP) is 3.30. The largest absolute Gasteiger partial charge is 0.373 e. The van der Waals surface area contributed by atoms with Crippen molar-refractivity contribution in [1.29, 1.82) is 0 Å². The molecule has 0 aliphatic heterocycles. The Labute approximate surface area is 110 Å². The fourth-order valence-electron chi connectivity index (χ4n) is 1.83. The molecule has 0 amide bonds. The average molecular weight is 248 g/mol. The fraction of sp³-hybridized carbons (Fsp3) is 0.714. The zero-order valence-corrected chi connectivity index (χ0v) is 12.1. The first-order valence-electron chi connectivity index (χ1n) is 6.81. The van der Waals surface area contributed by atoms with Crippen molar-refractivity contribution < 1.29 is 0 Å². The van der Waals surface area contributed by atoms with Gasteiger partial charge in [0.15, 0.2) is 0 Å². The van der Waals surface area contributed by atoms with Crippen LogP contribution in [0, 0.1) is 6.92 Å². The zero-order chi connectivity index (χ0) is 13.3. The Morgan fingerprint density at radius 2 is 1.83 bits per heavy atom. The van der Waals surface area contributed by atoms with Crippen LogP contribution in [0.4, 0.5) is 11.6 Å². The van der Waals surface area contributed by atoms with Crippen molar-refractivity contribution in [1.82, 2.24) is 9.97 Å². The standard InChI is InChI=1S/C14H24N4/c1-6-14(3,4)18-12-9(2)11(15-5)16-13(17-12)10-7-8-10/h10H,6-8H2,1-5H3,(H2,15,16,17,18). The minimum absolute atomic E-state index is 0.0605. The second-order valence-corrected chi connectivity index (χ2v) is 5.79. The maximum Gasteiger partial charge on any atom is 0.136 e. The van der Waals surface area contributed by atoms with Crippen LogP contribution in [0.3, 0.4) is 0 Å². The molecule has 2 rings (SSSR count). The van der Waals surface area contributed by atoms with E-state index in [-0.39, 0.29) is 5.54 Å². The quantitative estimate of drug-likeness (QED) is 0.839. The number of rotatable bonds is 5. The highest BCUT2D eigenvalue weighted by atomic mass is 15.1. The average Bonchev–Trinajstić information content (AvgIpc) is 3.15. The Balaban J connectivity index is 2.35. The SMILES string of the molecule is CCC(C)(C)Nc1nc(C2CC2)nc(NC)c1C. The van der Waals surface area contributed by atoms with E-state index >= 15 is 0 Å². The topological polar surface area (TPSA) is 49.8 Å². The van der Waals surface area contributed by atoms with Crippen molar-refractivity contribution in [2.45, 2.75) is 58.4 Å². The first-order chi connectivity index (χ1) is 8.46. The summed E-state index contributed by atoms with van der Waals surface area (Å²) in [5.41, 5.74) is 1.16. The number of anilines is 2. The molecule has 18 heavy (non-hydrogen) atoms. The molecule has 1 aromatic heterocycles. The van der Waals surface area contributed by atoms with Crippen LogP contribution in [0.2, 0.25) is 0 Å². The van der Waals surface area contributed by atoms with Gasteiger partial charge in [0.25, 0.3) is 0 Å². The molecule has 0 spiro atoms. The lowest BCUT2D eigenvalue weighted by Crippen LogP contribution is -2.31. The summed E-state index contributed by atoms with van der Waals surface area (Å²) < 4.78 is 0. The van der Waals surface area contributed by atoms with Gasteiger partial charge in [-0.25, -0.2) is 9.97 Å². The highest BCUT2D eigenvalue weighted by molar-refractivity contribution is 5.58. The molecule has 4 nitrogen and oxygen atoms in total. The highest BCUT2D eigenvalue weighted by Crippen LogP contribution is 2.39. The number of aromatic nitrogens is 2. The third-order valence-electron chi connectivity index (χ3n) is 3.68. The minimum Gasteiger partial charge on any atom is -0.373 e. The summed E-state index contributed by atoms with van der Waals surface area (Å²) in [5.74, 6) is 3.48. The molecule has 4 heteroatoms. The maximum absolute atomic E-state index is 4.71. The summed E-state index contributed by atoms with van der Waals surface area (Å²) in [4.78, 5) is 9.32. The van der Waals surface area contributed by atoms with Crippen molar-refractivity contribution in [2.75, 3.05) is 17.7 Å². The first kappa shape index (κ1) is 13.1. The zero-order valence-electron chi connectivity index (χ0n) is 12.1. The Hall–Kier alpha value is -1.32. The second-order valence-electron chi connectivity index (χ2n) is 5.79. The van der Waals surface area contributed by atoms with Crippen LogP contribution < -0.4 is 10.6 Å². The molecule has 1 aliphatic rings. The third kappa shape index (κ3) is 2.74. The lowest BCUT2D eigenvalue weighted by molar-refractivity contribution is 0.543. The summed E-state index contributed by atoms with van der Waals surface area (Å²) in [5, 5.41) is 6.71. The van der Waals surface area contributed by atoms with Gasteiger partial charge in [0.2, 0.25) is 0 Å². The summed E-state index contributed by atoms with van der Waals surface area (Å²) >= 11 is 0. The van der Waals surface area contributed by atoms with Crippen LogP contribution in [0.5, 0.6) is 0 Å². The molecule has 0 unspecified atom stereocenters. The van der Waals surface area contributed by atoms with E-state index in [1.54, 1.807) is 0 Å². The monoisotopic (exact) mass is 248 g/mol. The molecule has 1 saturated carbocycles. The molecule has 2 N–H and O–H groups in total. The Morgan fingerprint density at radius 1 is 1.22 bits per heavy atom.